The number of rotatable bonds is 11. The van der Waals surface area contributed by atoms with Crippen molar-refractivity contribution in [3.05, 3.63) is 455 Å². The highest BCUT2D eigenvalue weighted by molar-refractivity contribution is 6.29. The molecule has 0 atom stereocenters. The fourth-order valence-electron chi connectivity index (χ4n) is 18.8. The molecule has 0 N–H and O–H groups in total. The Labute approximate surface area is 709 Å². The second-order valence-electron chi connectivity index (χ2n) is 31.4. The van der Waals surface area contributed by atoms with E-state index in [-0.39, 0.29) is 0 Å². The number of benzene rings is 20. The zero-order chi connectivity index (χ0) is 81.3. The van der Waals surface area contributed by atoms with Crippen molar-refractivity contribution in [1.82, 2.24) is 14.5 Å². The van der Waals surface area contributed by atoms with Crippen LogP contribution < -0.4 is 9.80 Å². The maximum atomic E-state index is 6.57. The molecule has 20 aromatic carbocycles. The molecule has 0 spiro atoms. The Morgan fingerprint density at radius 1 is 0.203 bits per heavy atom. The normalized spacial score (nSPS) is 11.6. The molecule has 0 aliphatic heterocycles. The summed E-state index contributed by atoms with van der Waals surface area (Å²) in [5, 5.41) is 21.7. The lowest BCUT2D eigenvalue weighted by atomic mass is 9.86. The molecule has 5 heterocycles. The molecule has 0 unspecified atom stereocenters. The first kappa shape index (κ1) is 71.8. The average Bonchev–Trinajstić information content (AvgIpc) is 1.61. The molecule has 7 heteroatoms. The molecule has 7 nitrogen and oxygen atoms in total. The van der Waals surface area contributed by atoms with Crippen LogP contribution in [-0.4, -0.2) is 14.5 Å². The number of para-hydroxylation sites is 4. The predicted molar refractivity (Wildman–Crippen MR) is 517 cm³/mol. The van der Waals surface area contributed by atoms with Gasteiger partial charge < -0.3 is 23.2 Å². The van der Waals surface area contributed by atoms with Crippen molar-refractivity contribution in [2.75, 3.05) is 9.80 Å². The summed E-state index contributed by atoms with van der Waals surface area (Å²) >= 11 is 0. The number of hydrogen-bond donors (Lipinski definition) is 0. The standard InChI is InChI=1S/C46H30N2O2.C46H29N.C24H16N2/c1-5-13-33(14-6-1)47(34-15-7-2-8-16-34)37-21-23-39-41-25-31-28-44-42(26-32(31)27-43(41)49-45(39)29-37)40-24-22-38(30-46(40)50-44)48(35-17-9-3-10-18-35)36-19-11-4-12-20-36;1-2-14-32(15-3-1)43-37-18-8-10-20-39(37)44(40-21-11-9-19-38(40)43)33-22-26-34(27-23-33)47-41-28-24-30-12-4-6-16-35(30)45(41)46-36-17-7-5-13-31(36)25-29-42(46)47;1-3-7-17(8-4-1)19-13-15-25-23-21(19)11-12-22-20(14-16-26-24(22)23)18-9-5-2-6-10-18/h1-30H;1-29H;1-16H. The van der Waals surface area contributed by atoms with Crippen LogP contribution in [-0.2, 0) is 0 Å². The van der Waals surface area contributed by atoms with Gasteiger partial charge in [-0.25, -0.2) is 0 Å². The van der Waals surface area contributed by atoms with Gasteiger partial charge in [0.15, 0.2) is 0 Å². The van der Waals surface area contributed by atoms with Crippen LogP contribution in [0.2, 0.25) is 0 Å². The molecule has 0 saturated heterocycles. The van der Waals surface area contributed by atoms with Gasteiger partial charge in [-0.05, 0) is 232 Å². The van der Waals surface area contributed by atoms with E-state index in [0.717, 1.165) is 116 Å². The lowest BCUT2D eigenvalue weighted by Gasteiger charge is -2.25. The molecule has 25 rings (SSSR count). The molecule has 123 heavy (non-hydrogen) atoms. The molecular formula is C116H75N5O2. The van der Waals surface area contributed by atoms with E-state index in [4.69, 9.17) is 8.83 Å². The first-order valence-electron chi connectivity index (χ1n) is 41.8. The van der Waals surface area contributed by atoms with E-state index in [0.29, 0.717) is 0 Å². The van der Waals surface area contributed by atoms with Crippen LogP contribution in [0.3, 0.4) is 0 Å². The number of fused-ring (bicyclic) bond motifs is 19. The van der Waals surface area contributed by atoms with Gasteiger partial charge in [0.25, 0.3) is 0 Å². The molecular weight excluding hydrogens is 1500 g/mol. The van der Waals surface area contributed by atoms with Gasteiger partial charge in [0.1, 0.15) is 22.3 Å². The summed E-state index contributed by atoms with van der Waals surface area (Å²) in [6, 6.07) is 157. The van der Waals surface area contributed by atoms with Crippen molar-refractivity contribution in [2.24, 2.45) is 0 Å². The minimum Gasteiger partial charge on any atom is -0.456 e. The van der Waals surface area contributed by atoms with E-state index < -0.39 is 0 Å². The third kappa shape index (κ3) is 12.7. The summed E-state index contributed by atoms with van der Waals surface area (Å²) in [6.07, 6.45) is 3.75. The second kappa shape index (κ2) is 30.5. The van der Waals surface area contributed by atoms with Crippen molar-refractivity contribution < 1.29 is 8.83 Å². The summed E-state index contributed by atoms with van der Waals surface area (Å²) in [6.45, 7) is 0. The van der Waals surface area contributed by atoms with Gasteiger partial charge in [0, 0.05) is 107 Å². The largest absolute Gasteiger partial charge is 0.456 e. The molecule has 0 bridgehead atoms. The third-order valence-electron chi connectivity index (χ3n) is 24.3. The van der Waals surface area contributed by atoms with E-state index in [1.165, 1.54) is 109 Å². The van der Waals surface area contributed by atoms with Crippen molar-refractivity contribution in [2.45, 2.75) is 0 Å². The average molecular weight is 1570 g/mol. The zero-order valence-corrected chi connectivity index (χ0v) is 66.9. The van der Waals surface area contributed by atoms with Crippen LogP contribution in [0, 0.1) is 0 Å². The quantitative estimate of drug-likeness (QED) is 0.0950. The van der Waals surface area contributed by atoms with Crippen molar-refractivity contribution in [1.29, 1.82) is 0 Å². The third-order valence-corrected chi connectivity index (χ3v) is 24.3. The monoisotopic (exact) mass is 1570 g/mol. The second-order valence-corrected chi connectivity index (χ2v) is 31.4. The summed E-state index contributed by atoms with van der Waals surface area (Å²) in [5.41, 5.74) is 25.2. The maximum Gasteiger partial charge on any atom is 0.137 e. The fraction of sp³-hybridized carbons (Fsp3) is 0. The summed E-state index contributed by atoms with van der Waals surface area (Å²) in [7, 11) is 0. The Hall–Kier alpha value is -16.5. The smallest absolute Gasteiger partial charge is 0.137 e. The number of pyridine rings is 2. The lowest BCUT2D eigenvalue weighted by Crippen LogP contribution is -2.09. The van der Waals surface area contributed by atoms with Crippen LogP contribution in [0.25, 0.3) is 192 Å². The van der Waals surface area contributed by atoms with Crippen molar-refractivity contribution in [3.8, 4) is 50.2 Å². The fourth-order valence-corrected chi connectivity index (χ4v) is 18.8. The summed E-state index contributed by atoms with van der Waals surface area (Å²) < 4.78 is 15.6. The van der Waals surface area contributed by atoms with Gasteiger partial charge in [-0.1, -0.05) is 297 Å². The van der Waals surface area contributed by atoms with E-state index in [9.17, 15) is 0 Å². The first-order chi connectivity index (χ1) is 61.0. The number of furan rings is 2. The zero-order valence-electron chi connectivity index (χ0n) is 66.9. The van der Waals surface area contributed by atoms with Crippen molar-refractivity contribution >= 4 is 175 Å². The number of hydrogen-bond acceptors (Lipinski definition) is 6. The molecule has 5 aromatic heterocycles. The summed E-state index contributed by atoms with van der Waals surface area (Å²) in [4.78, 5) is 13.8. The molecule has 25 aromatic rings. The Kier molecular flexibility index (Phi) is 17.8. The highest BCUT2D eigenvalue weighted by Crippen LogP contribution is 2.48. The van der Waals surface area contributed by atoms with Crippen LogP contribution in [0.4, 0.5) is 34.1 Å². The maximum absolute atomic E-state index is 6.57. The Morgan fingerprint density at radius 2 is 0.520 bits per heavy atom. The minimum absolute atomic E-state index is 0.854. The van der Waals surface area contributed by atoms with Crippen LogP contribution >= 0.6 is 0 Å². The van der Waals surface area contributed by atoms with Gasteiger partial charge in [-0.3, -0.25) is 9.97 Å². The molecule has 0 amide bonds. The van der Waals surface area contributed by atoms with Crippen molar-refractivity contribution in [3.63, 3.8) is 0 Å². The van der Waals surface area contributed by atoms with E-state index in [1.807, 2.05) is 48.8 Å². The SMILES string of the molecule is c1ccc(-c2c3ccccc3c(-c3ccc(-n4c5ccc6ccccc6c5c5c6ccccc6ccc54)cc3)c3ccccc23)cc1.c1ccc(-c2ccnc3c2ccc2c(-c4ccccc4)ccnc23)cc1.c1ccc(N(c2ccccc2)c2ccc3c(c2)oc2cc4cc5c(cc4cc23)oc2cc(N(c3ccccc3)c3ccccc3)ccc25)cc1. The molecule has 0 saturated carbocycles. The van der Waals surface area contributed by atoms with E-state index in [1.54, 1.807) is 0 Å². The Bertz CT molecular complexity index is 7820. The van der Waals surface area contributed by atoms with E-state index in [2.05, 4.69) is 431 Å². The van der Waals surface area contributed by atoms with Crippen LogP contribution in [0.1, 0.15) is 0 Å². The molecule has 0 fully saturated rings. The Morgan fingerprint density at radius 3 is 0.902 bits per heavy atom. The first-order valence-corrected chi connectivity index (χ1v) is 41.8. The van der Waals surface area contributed by atoms with Crippen LogP contribution in [0.5, 0.6) is 0 Å². The predicted octanol–water partition coefficient (Wildman–Crippen LogP) is 32.4. The van der Waals surface area contributed by atoms with Gasteiger partial charge in [0.2, 0.25) is 0 Å². The van der Waals surface area contributed by atoms with Gasteiger partial charge >= 0.3 is 0 Å². The van der Waals surface area contributed by atoms with E-state index >= 15 is 0 Å². The molecule has 0 radical (unpaired) electrons. The van der Waals surface area contributed by atoms with Gasteiger partial charge in [-0.2, -0.15) is 0 Å². The van der Waals surface area contributed by atoms with Gasteiger partial charge in [-0.15, -0.1) is 0 Å². The highest BCUT2D eigenvalue weighted by atomic mass is 16.3. The summed E-state index contributed by atoms with van der Waals surface area (Å²) in [5.74, 6) is 0. The Balaban J connectivity index is 0.000000112. The topological polar surface area (TPSA) is 63.5 Å². The molecule has 0 aliphatic carbocycles. The number of nitrogens with zero attached hydrogens (tertiary/aromatic N) is 5. The number of anilines is 6. The van der Waals surface area contributed by atoms with Gasteiger partial charge in [0.05, 0.1) is 22.1 Å². The lowest BCUT2D eigenvalue weighted by molar-refractivity contribution is 0.668. The minimum atomic E-state index is 0.854. The molecule has 0 aliphatic rings. The molecule has 576 valence electrons. The van der Waals surface area contributed by atoms with Crippen LogP contribution in [0.15, 0.2) is 464 Å². The number of aromatic nitrogens is 3. The highest BCUT2D eigenvalue weighted by Gasteiger charge is 2.24.